The Morgan fingerprint density at radius 3 is 1.73 bits per heavy atom. The topological polar surface area (TPSA) is 343 Å². The highest BCUT2D eigenvalue weighted by atomic mass is 32.2. The summed E-state index contributed by atoms with van der Waals surface area (Å²) >= 11 is 0. The quantitative estimate of drug-likeness (QED) is 0.0482. The van der Waals surface area contributed by atoms with E-state index in [1.807, 2.05) is 6.92 Å². The summed E-state index contributed by atoms with van der Waals surface area (Å²) in [5.74, 6) is -11.8. The number of carbonyl (C=O) groups excluding carboxylic acids is 8. The van der Waals surface area contributed by atoms with Crippen LogP contribution in [0.15, 0.2) is 24.3 Å². The third kappa shape index (κ3) is 21.0. The van der Waals surface area contributed by atoms with Crippen molar-refractivity contribution in [2.45, 2.75) is 143 Å². The number of hydrogen-bond donors (Lipinski definition) is 9. The summed E-state index contributed by atoms with van der Waals surface area (Å²) in [6, 6.07) is -2.11. The van der Waals surface area contributed by atoms with Gasteiger partial charge in [0.1, 0.15) is 40.0 Å². The van der Waals surface area contributed by atoms with Gasteiger partial charge in [-0.3, -0.25) is 47.9 Å². The summed E-state index contributed by atoms with van der Waals surface area (Å²) in [5.41, 5.74) is 5.44. The Morgan fingerprint density at radius 1 is 0.688 bits per heavy atom. The third-order valence-electron chi connectivity index (χ3n) is 9.80. The van der Waals surface area contributed by atoms with E-state index >= 15 is 0 Å². The lowest BCUT2D eigenvalue weighted by molar-refractivity contribution is -0.142. The molecule has 0 spiro atoms. The van der Waals surface area contributed by atoms with Crippen LogP contribution in [-0.4, -0.2) is 126 Å². The second-order valence-electron chi connectivity index (χ2n) is 17.2. The van der Waals surface area contributed by atoms with E-state index in [4.69, 9.17) is 10.8 Å². The molecule has 0 fully saturated rings. The molecular formula is C42H65N7O14S. The van der Waals surface area contributed by atoms with Gasteiger partial charge in [0, 0.05) is 19.1 Å². The van der Waals surface area contributed by atoms with E-state index < -0.39 is 142 Å². The van der Waals surface area contributed by atoms with Gasteiger partial charge in [-0.05, 0) is 48.6 Å². The number of aliphatic carboxylic acids is 2. The monoisotopic (exact) mass is 923 g/mol. The lowest BCUT2D eigenvalue weighted by Crippen LogP contribution is -2.62. The van der Waals surface area contributed by atoms with Crippen LogP contribution >= 0.6 is 0 Å². The predicted octanol–water partition coefficient (Wildman–Crippen LogP) is -0.443. The van der Waals surface area contributed by atoms with Crippen LogP contribution in [0.3, 0.4) is 0 Å². The fourth-order valence-electron chi connectivity index (χ4n) is 6.28. The van der Waals surface area contributed by atoms with Crippen LogP contribution in [0.1, 0.15) is 104 Å². The van der Waals surface area contributed by atoms with Crippen LogP contribution in [-0.2, 0) is 64.2 Å². The number of amides is 7. The summed E-state index contributed by atoms with van der Waals surface area (Å²) in [6.45, 7) is 12.0. The Hall–Kier alpha value is -5.93. The Balaban J connectivity index is 3.64. The fraction of sp³-hybridized carbons (Fsp3) is 0.619. The molecule has 7 amide bonds. The molecule has 358 valence electrons. The second-order valence-corrected chi connectivity index (χ2v) is 19.5. The van der Waals surface area contributed by atoms with Crippen molar-refractivity contribution in [3.05, 3.63) is 35.4 Å². The lowest BCUT2D eigenvalue weighted by Gasteiger charge is -2.34. The molecule has 10 N–H and O–H groups in total. The number of benzene rings is 1. The van der Waals surface area contributed by atoms with Gasteiger partial charge in [-0.1, -0.05) is 78.6 Å². The number of hydrogen-bond acceptors (Lipinski definition) is 12. The van der Waals surface area contributed by atoms with E-state index in [9.17, 15) is 61.5 Å². The van der Waals surface area contributed by atoms with Gasteiger partial charge in [0.25, 0.3) is 5.91 Å². The zero-order chi connectivity index (χ0) is 49.1. The molecule has 0 heterocycles. The largest absolute Gasteiger partial charge is 0.481 e. The maximum atomic E-state index is 14.4. The van der Waals surface area contributed by atoms with Gasteiger partial charge in [-0.15, -0.1) is 0 Å². The highest BCUT2D eigenvalue weighted by molar-refractivity contribution is 7.90. The average molecular weight is 924 g/mol. The molecule has 6 atom stereocenters. The summed E-state index contributed by atoms with van der Waals surface area (Å²) in [6.07, 6.45) is -0.812. The normalized spacial score (nSPS) is 14.3. The zero-order valence-corrected chi connectivity index (χ0v) is 38.5. The molecule has 0 aliphatic heterocycles. The van der Waals surface area contributed by atoms with Crippen molar-refractivity contribution in [3.8, 4) is 0 Å². The lowest BCUT2D eigenvalue weighted by atomic mass is 9.85. The Labute approximate surface area is 373 Å². The fourth-order valence-corrected chi connectivity index (χ4v) is 6.95. The predicted molar refractivity (Wildman–Crippen MR) is 233 cm³/mol. The second kappa shape index (κ2) is 26.0. The van der Waals surface area contributed by atoms with Crippen LogP contribution in [0.4, 0.5) is 0 Å². The minimum atomic E-state index is -3.79. The van der Waals surface area contributed by atoms with Crippen LogP contribution in [0.2, 0.25) is 0 Å². The highest BCUT2D eigenvalue weighted by Gasteiger charge is 2.39. The van der Waals surface area contributed by atoms with Gasteiger partial charge in [0.05, 0.1) is 24.6 Å². The van der Waals surface area contributed by atoms with Crippen molar-refractivity contribution in [2.75, 3.05) is 12.0 Å². The van der Waals surface area contributed by atoms with Gasteiger partial charge >= 0.3 is 11.9 Å². The van der Waals surface area contributed by atoms with Crippen molar-refractivity contribution < 1.29 is 66.6 Å². The zero-order valence-electron chi connectivity index (χ0n) is 37.7. The van der Waals surface area contributed by atoms with Crippen LogP contribution in [0, 0.1) is 18.3 Å². The summed E-state index contributed by atoms with van der Waals surface area (Å²) in [5, 5.41) is 33.1. The number of ketones is 1. The molecule has 1 aromatic rings. The third-order valence-corrected chi connectivity index (χ3v) is 10.8. The van der Waals surface area contributed by atoms with E-state index in [0.29, 0.717) is 24.0 Å². The van der Waals surface area contributed by atoms with Gasteiger partial charge in [-0.25, -0.2) is 8.42 Å². The van der Waals surface area contributed by atoms with Crippen molar-refractivity contribution in [3.63, 3.8) is 0 Å². The number of carboxylic acid groups (broad SMARTS) is 2. The molecule has 0 aliphatic rings. The molecule has 0 bridgehead atoms. The van der Waals surface area contributed by atoms with Crippen LogP contribution in [0.5, 0.6) is 0 Å². The molecule has 0 aliphatic carbocycles. The van der Waals surface area contributed by atoms with E-state index in [-0.39, 0.29) is 25.2 Å². The smallest absolute Gasteiger partial charge is 0.305 e. The number of carboxylic acids is 2. The minimum absolute atomic E-state index is 0.0829. The first-order valence-electron chi connectivity index (χ1n) is 20.9. The standard InChI is InChI=1S/C42H65N7O14S/c1-9-10-15-26(34(55)36(43)56)45-38(58)28(20-23(2)3)48-41(61)35(42(5,6)7)49-40(60)29(21-25-14-12-11-13-24(25)4)47-37(57)27(18-19-64(8,62)63)46-39(59)30(22-33(53)54)44-31(50)16-17-32(51)52/h11-14,23,26-30,35H,9-10,15-22H2,1-8H3,(H2,43,56)(H,44,50)(H,45,58)(H,46,59)(H,47,57)(H,48,61)(H,49,60)(H,51,52)(H,53,54)/t26?,27-,28-,29-,30-,35+/m0/s1. The molecule has 0 radical (unpaired) electrons. The number of sulfone groups is 1. The molecule has 64 heavy (non-hydrogen) atoms. The van der Waals surface area contributed by atoms with Crippen molar-refractivity contribution in [1.29, 1.82) is 0 Å². The molecule has 0 aromatic heterocycles. The van der Waals surface area contributed by atoms with E-state index in [1.54, 1.807) is 65.8 Å². The minimum Gasteiger partial charge on any atom is -0.481 e. The Bertz CT molecular complexity index is 1980. The molecule has 1 rings (SSSR count). The number of carbonyl (C=O) groups is 10. The summed E-state index contributed by atoms with van der Waals surface area (Å²) in [7, 11) is -3.79. The molecule has 1 unspecified atom stereocenters. The Kier molecular flexibility index (Phi) is 22.8. The number of aryl methyl sites for hydroxylation is 1. The number of nitrogens with two attached hydrogens (primary N) is 1. The van der Waals surface area contributed by atoms with Crippen LogP contribution in [0.25, 0.3) is 0 Å². The van der Waals surface area contributed by atoms with Gasteiger partial charge in [-0.2, -0.15) is 0 Å². The first-order valence-corrected chi connectivity index (χ1v) is 22.9. The highest BCUT2D eigenvalue weighted by Crippen LogP contribution is 2.21. The van der Waals surface area contributed by atoms with Gasteiger partial charge in [0.2, 0.25) is 41.2 Å². The number of rotatable bonds is 28. The van der Waals surface area contributed by atoms with Gasteiger partial charge in [0.15, 0.2) is 0 Å². The van der Waals surface area contributed by atoms with E-state index in [1.165, 1.54) is 0 Å². The number of nitrogens with one attached hydrogen (secondary N) is 6. The summed E-state index contributed by atoms with van der Waals surface area (Å²) < 4.78 is 24.4. The maximum absolute atomic E-state index is 14.4. The van der Waals surface area contributed by atoms with Crippen molar-refractivity contribution >= 4 is 68.9 Å². The number of unbranched alkanes of at least 4 members (excludes halogenated alkanes) is 1. The summed E-state index contributed by atoms with van der Waals surface area (Å²) in [4.78, 5) is 129. The molecule has 22 heteroatoms. The van der Waals surface area contributed by atoms with Crippen molar-refractivity contribution in [2.24, 2.45) is 17.1 Å². The van der Waals surface area contributed by atoms with Gasteiger partial charge < -0.3 is 47.8 Å². The van der Waals surface area contributed by atoms with E-state index in [0.717, 1.165) is 6.26 Å². The first kappa shape index (κ1) is 56.1. The molecule has 0 saturated carbocycles. The molecular weight excluding hydrogens is 859 g/mol. The number of primary amides is 1. The number of Topliss-reactive ketones (excluding diaryl/α,β-unsaturated/α-hetero) is 1. The van der Waals surface area contributed by atoms with Crippen LogP contribution < -0.4 is 37.6 Å². The SMILES string of the molecule is CCCCC(NC(=O)[C@H](CC(C)C)NC(=O)[C@@H](NC(=O)[C@H](Cc1ccccc1C)NC(=O)[C@H](CCS(C)(=O)=O)NC(=O)[C@H](CC(=O)O)NC(=O)CCC(=O)O)C(C)(C)C)C(=O)C(N)=O. The maximum Gasteiger partial charge on any atom is 0.305 e. The molecule has 21 nitrogen and oxygen atoms in total. The average Bonchev–Trinajstić information content (AvgIpc) is 3.17. The van der Waals surface area contributed by atoms with E-state index in [2.05, 4.69) is 31.9 Å². The first-order chi connectivity index (χ1) is 29.6. The molecule has 1 aromatic carbocycles. The Morgan fingerprint density at radius 2 is 1.22 bits per heavy atom. The van der Waals surface area contributed by atoms with Crippen molar-refractivity contribution in [1.82, 2.24) is 31.9 Å². The molecule has 0 saturated heterocycles.